The highest BCUT2D eigenvalue weighted by atomic mass is 32.2. The van der Waals surface area contributed by atoms with Crippen molar-refractivity contribution in [1.82, 2.24) is 5.32 Å². The van der Waals surface area contributed by atoms with E-state index in [-0.39, 0.29) is 5.91 Å². The molecule has 0 bridgehead atoms. The number of thioether (sulfide) groups is 1. The Morgan fingerprint density at radius 2 is 2.05 bits per heavy atom. The zero-order chi connectivity index (χ0) is 15.5. The van der Waals surface area contributed by atoms with E-state index < -0.39 is 12.0 Å². The number of carbonyl (C=O) groups is 2. The van der Waals surface area contributed by atoms with Crippen LogP contribution in [0, 0.1) is 0 Å². The van der Waals surface area contributed by atoms with Gasteiger partial charge in [-0.15, -0.1) is 11.8 Å². The first-order chi connectivity index (χ1) is 10.1. The summed E-state index contributed by atoms with van der Waals surface area (Å²) in [4.78, 5) is 22.9. The smallest absolute Gasteiger partial charge is 0.323 e. The fourth-order valence-electron chi connectivity index (χ4n) is 1.64. The van der Waals surface area contributed by atoms with Gasteiger partial charge in [0.15, 0.2) is 0 Å². The molecule has 0 aliphatic heterocycles. The van der Waals surface area contributed by atoms with Gasteiger partial charge in [-0.3, -0.25) is 9.59 Å². The summed E-state index contributed by atoms with van der Waals surface area (Å²) in [5.41, 5.74) is 6.83. The molecule has 0 aliphatic rings. The topological polar surface area (TPSA) is 81.4 Å². The molecule has 0 aromatic heterocycles. The lowest BCUT2D eigenvalue weighted by molar-refractivity contribution is -0.144. The molecule has 1 amide bonds. The maximum Gasteiger partial charge on any atom is 0.323 e. The van der Waals surface area contributed by atoms with E-state index >= 15 is 0 Å². The normalized spacial score (nSPS) is 11.7. The van der Waals surface area contributed by atoms with Crippen LogP contribution in [0.5, 0.6) is 0 Å². The third-order valence-corrected chi connectivity index (χ3v) is 3.76. The minimum absolute atomic E-state index is 0.0491. The Labute approximate surface area is 129 Å². The highest BCUT2D eigenvalue weighted by Crippen LogP contribution is 2.03. The van der Waals surface area contributed by atoms with Crippen LogP contribution in [-0.4, -0.2) is 42.6 Å². The second kappa shape index (κ2) is 10.2. The molecular weight excluding hydrogens is 288 g/mol. The number of ether oxygens (including phenoxy) is 1. The van der Waals surface area contributed by atoms with Crippen molar-refractivity contribution >= 4 is 23.6 Å². The Hall–Kier alpha value is -1.53. The number of carbonyl (C=O) groups excluding carboxylic acids is 2. The molecule has 0 saturated heterocycles. The van der Waals surface area contributed by atoms with Crippen LogP contribution < -0.4 is 11.1 Å². The SMILES string of the molecule is CCOC(=O)[C@H](N)CSCC(=O)NCCc1ccccc1. The van der Waals surface area contributed by atoms with Gasteiger partial charge in [0.25, 0.3) is 0 Å². The Bertz CT molecular complexity index is 440. The van der Waals surface area contributed by atoms with Crippen molar-refractivity contribution in [2.45, 2.75) is 19.4 Å². The van der Waals surface area contributed by atoms with Crippen LogP contribution in [0.2, 0.25) is 0 Å². The van der Waals surface area contributed by atoms with Crippen LogP contribution in [0.4, 0.5) is 0 Å². The largest absolute Gasteiger partial charge is 0.465 e. The number of nitrogens with two attached hydrogens (primary N) is 1. The summed E-state index contributed by atoms with van der Waals surface area (Å²) < 4.78 is 4.80. The molecule has 116 valence electrons. The predicted molar refractivity (Wildman–Crippen MR) is 85.1 cm³/mol. The zero-order valence-corrected chi connectivity index (χ0v) is 13.0. The van der Waals surface area contributed by atoms with E-state index in [1.165, 1.54) is 17.3 Å². The van der Waals surface area contributed by atoms with Crippen LogP contribution in [0.3, 0.4) is 0 Å². The lowest BCUT2D eigenvalue weighted by Gasteiger charge is -2.10. The molecule has 0 heterocycles. The fourth-order valence-corrected chi connectivity index (χ4v) is 2.43. The quantitative estimate of drug-likeness (QED) is 0.664. The van der Waals surface area contributed by atoms with Gasteiger partial charge in [-0.2, -0.15) is 0 Å². The predicted octanol–water partition coefficient (Wildman–Crippen LogP) is 0.969. The van der Waals surface area contributed by atoms with E-state index in [9.17, 15) is 9.59 Å². The summed E-state index contributed by atoms with van der Waals surface area (Å²) >= 11 is 1.33. The maximum atomic E-state index is 11.6. The molecule has 0 unspecified atom stereocenters. The Balaban J connectivity index is 2.10. The molecule has 1 rings (SSSR count). The maximum absolute atomic E-state index is 11.6. The lowest BCUT2D eigenvalue weighted by Crippen LogP contribution is -2.35. The van der Waals surface area contributed by atoms with Gasteiger partial charge in [0.1, 0.15) is 6.04 Å². The Morgan fingerprint density at radius 3 is 2.71 bits per heavy atom. The molecule has 1 atom stereocenters. The molecular formula is C15H22N2O3S. The molecule has 0 fully saturated rings. The van der Waals surface area contributed by atoms with E-state index in [2.05, 4.69) is 5.32 Å². The van der Waals surface area contributed by atoms with Crippen LogP contribution in [0.15, 0.2) is 30.3 Å². The molecule has 1 aromatic rings. The minimum Gasteiger partial charge on any atom is -0.465 e. The van der Waals surface area contributed by atoms with Crippen molar-refractivity contribution in [2.75, 3.05) is 24.7 Å². The fraction of sp³-hybridized carbons (Fsp3) is 0.467. The molecule has 0 aliphatic carbocycles. The van der Waals surface area contributed by atoms with Gasteiger partial charge in [0, 0.05) is 12.3 Å². The molecule has 0 radical (unpaired) electrons. The van der Waals surface area contributed by atoms with Crippen molar-refractivity contribution in [1.29, 1.82) is 0 Å². The second-order valence-electron chi connectivity index (χ2n) is 4.46. The summed E-state index contributed by atoms with van der Waals surface area (Å²) in [6, 6.07) is 9.30. The average molecular weight is 310 g/mol. The first kappa shape index (κ1) is 17.5. The number of amides is 1. The zero-order valence-electron chi connectivity index (χ0n) is 12.2. The molecule has 21 heavy (non-hydrogen) atoms. The molecule has 1 aromatic carbocycles. The van der Waals surface area contributed by atoms with Gasteiger partial charge < -0.3 is 15.8 Å². The summed E-state index contributed by atoms with van der Waals surface area (Å²) in [5, 5.41) is 2.84. The Morgan fingerprint density at radius 1 is 1.33 bits per heavy atom. The van der Waals surface area contributed by atoms with Crippen molar-refractivity contribution in [3.05, 3.63) is 35.9 Å². The second-order valence-corrected chi connectivity index (χ2v) is 5.49. The number of esters is 1. The third kappa shape index (κ3) is 7.72. The molecule has 0 spiro atoms. The number of hydrogen-bond donors (Lipinski definition) is 2. The average Bonchev–Trinajstić information content (AvgIpc) is 2.48. The van der Waals surface area contributed by atoms with Gasteiger partial charge in [-0.25, -0.2) is 0 Å². The number of rotatable bonds is 9. The molecule has 6 heteroatoms. The first-order valence-electron chi connectivity index (χ1n) is 6.94. The van der Waals surface area contributed by atoms with Crippen LogP contribution >= 0.6 is 11.8 Å². The molecule has 3 N–H and O–H groups in total. The third-order valence-electron chi connectivity index (χ3n) is 2.70. The lowest BCUT2D eigenvalue weighted by atomic mass is 10.1. The van der Waals surface area contributed by atoms with E-state index in [0.717, 1.165) is 6.42 Å². The van der Waals surface area contributed by atoms with Crippen LogP contribution in [0.25, 0.3) is 0 Å². The summed E-state index contributed by atoms with van der Waals surface area (Å²) in [5.74, 6) is 0.203. The van der Waals surface area contributed by atoms with Gasteiger partial charge >= 0.3 is 5.97 Å². The highest BCUT2D eigenvalue weighted by Gasteiger charge is 2.14. The van der Waals surface area contributed by atoms with Crippen LogP contribution in [0.1, 0.15) is 12.5 Å². The van der Waals surface area contributed by atoms with E-state index in [1.54, 1.807) is 6.92 Å². The van der Waals surface area contributed by atoms with Crippen molar-refractivity contribution < 1.29 is 14.3 Å². The standard InChI is InChI=1S/C15H22N2O3S/c1-2-20-15(19)13(16)10-21-11-14(18)17-9-8-12-6-4-3-5-7-12/h3-7,13H,2,8-11,16H2,1H3,(H,17,18)/t13-/m1/s1. The van der Waals surface area contributed by atoms with Gasteiger partial charge in [-0.05, 0) is 18.9 Å². The van der Waals surface area contributed by atoms with Crippen molar-refractivity contribution in [3.8, 4) is 0 Å². The van der Waals surface area contributed by atoms with E-state index in [1.807, 2.05) is 30.3 Å². The van der Waals surface area contributed by atoms with Crippen LogP contribution in [-0.2, 0) is 20.7 Å². The molecule has 5 nitrogen and oxygen atoms in total. The number of nitrogens with one attached hydrogen (secondary N) is 1. The van der Waals surface area contributed by atoms with Gasteiger partial charge in [0.05, 0.1) is 12.4 Å². The van der Waals surface area contributed by atoms with E-state index in [4.69, 9.17) is 10.5 Å². The summed E-state index contributed by atoms with van der Waals surface area (Å²) in [7, 11) is 0. The summed E-state index contributed by atoms with van der Waals surface area (Å²) in [6.07, 6.45) is 0.805. The molecule has 0 saturated carbocycles. The summed E-state index contributed by atoms with van der Waals surface area (Å²) in [6.45, 7) is 2.66. The Kier molecular flexibility index (Phi) is 8.54. The first-order valence-corrected chi connectivity index (χ1v) is 8.09. The van der Waals surface area contributed by atoms with Crippen molar-refractivity contribution in [2.24, 2.45) is 5.73 Å². The van der Waals surface area contributed by atoms with Crippen molar-refractivity contribution in [3.63, 3.8) is 0 Å². The van der Waals surface area contributed by atoms with E-state index in [0.29, 0.717) is 24.7 Å². The minimum atomic E-state index is -0.674. The monoisotopic (exact) mass is 310 g/mol. The van der Waals surface area contributed by atoms with Gasteiger partial charge in [0.2, 0.25) is 5.91 Å². The highest BCUT2D eigenvalue weighted by molar-refractivity contribution is 8.00. The van der Waals surface area contributed by atoms with Gasteiger partial charge in [-0.1, -0.05) is 30.3 Å². The number of benzene rings is 1. The number of hydrogen-bond acceptors (Lipinski definition) is 5.